The SMILES string of the molecule is O=C([C@@H]1CN(S(=O)(=O)c2ccc(Cl)cc2)c2ccccc2O1)N1CCN(c2ccccc2F)CC1. The third-order valence-corrected chi connectivity index (χ3v) is 8.24. The Bertz CT molecular complexity index is 1340. The predicted molar refractivity (Wildman–Crippen MR) is 132 cm³/mol. The fourth-order valence-electron chi connectivity index (χ4n) is 4.37. The molecule has 0 unspecified atom stereocenters. The summed E-state index contributed by atoms with van der Waals surface area (Å²) < 4.78 is 48.3. The number of rotatable bonds is 4. The van der Waals surface area contributed by atoms with Crippen LogP contribution in [0, 0.1) is 5.82 Å². The molecule has 5 rings (SSSR count). The van der Waals surface area contributed by atoms with Gasteiger partial charge in [0.2, 0.25) is 0 Å². The van der Waals surface area contributed by atoms with Crippen LogP contribution in [0.25, 0.3) is 0 Å². The van der Waals surface area contributed by atoms with Gasteiger partial charge in [0.1, 0.15) is 11.6 Å². The van der Waals surface area contributed by atoms with Gasteiger partial charge in [-0.05, 0) is 48.5 Å². The van der Waals surface area contributed by atoms with Gasteiger partial charge < -0.3 is 14.5 Å². The summed E-state index contributed by atoms with van der Waals surface area (Å²) in [7, 11) is -3.96. The molecule has 0 bridgehead atoms. The lowest BCUT2D eigenvalue weighted by atomic mass is 10.2. The molecule has 0 aliphatic carbocycles. The van der Waals surface area contributed by atoms with Crippen molar-refractivity contribution in [1.82, 2.24) is 4.90 Å². The van der Waals surface area contributed by atoms with E-state index in [0.29, 0.717) is 48.3 Å². The summed E-state index contributed by atoms with van der Waals surface area (Å²) in [6.45, 7) is 1.51. The van der Waals surface area contributed by atoms with Gasteiger partial charge in [-0.25, -0.2) is 12.8 Å². The maximum absolute atomic E-state index is 14.2. The van der Waals surface area contributed by atoms with Crippen LogP contribution >= 0.6 is 11.6 Å². The summed E-state index contributed by atoms with van der Waals surface area (Å²) in [5.41, 5.74) is 0.874. The van der Waals surface area contributed by atoms with Gasteiger partial charge in [-0.3, -0.25) is 9.10 Å². The number of hydrogen-bond acceptors (Lipinski definition) is 5. The molecule has 2 heterocycles. The minimum absolute atomic E-state index is 0.0725. The van der Waals surface area contributed by atoms with E-state index < -0.39 is 16.1 Å². The van der Waals surface area contributed by atoms with E-state index in [1.807, 2.05) is 4.90 Å². The second-order valence-electron chi connectivity index (χ2n) is 8.33. The zero-order chi connectivity index (χ0) is 24.6. The summed E-state index contributed by atoms with van der Waals surface area (Å²) >= 11 is 5.93. The number of piperazine rings is 1. The van der Waals surface area contributed by atoms with Crippen LogP contribution in [0.1, 0.15) is 0 Å². The summed E-state index contributed by atoms with van der Waals surface area (Å²) in [5, 5.41) is 0.425. The zero-order valence-electron chi connectivity index (χ0n) is 18.7. The highest BCUT2D eigenvalue weighted by molar-refractivity contribution is 7.92. The molecule has 35 heavy (non-hydrogen) atoms. The lowest BCUT2D eigenvalue weighted by Crippen LogP contribution is -2.56. The predicted octanol–water partition coefficient (Wildman–Crippen LogP) is 3.78. The summed E-state index contributed by atoms with van der Waals surface area (Å²) in [6.07, 6.45) is -1.01. The van der Waals surface area contributed by atoms with E-state index in [2.05, 4.69) is 0 Å². The molecule has 2 aliphatic rings. The van der Waals surface area contributed by atoms with Gasteiger partial charge in [0.25, 0.3) is 15.9 Å². The summed E-state index contributed by atoms with van der Waals surface area (Å²) in [6, 6.07) is 19.2. The Hall–Kier alpha value is -3.30. The number of para-hydroxylation sites is 3. The Balaban J connectivity index is 1.36. The molecular formula is C25H23ClFN3O4S. The average Bonchev–Trinajstić information content (AvgIpc) is 2.88. The number of anilines is 2. The molecule has 3 aromatic rings. The largest absolute Gasteiger partial charge is 0.476 e. The number of halogens is 2. The first-order valence-electron chi connectivity index (χ1n) is 11.2. The van der Waals surface area contributed by atoms with Crippen molar-refractivity contribution < 1.29 is 22.3 Å². The van der Waals surface area contributed by atoms with Crippen molar-refractivity contribution in [3.63, 3.8) is 0 Å². The second-order valence-corrected chi connectivity index (χ2v) is 10.6. The number of fused-ring (bicyclic) bond motifs is 1. The fraction of sp³-hybridized carbons (Fsp3) is 0.240. The van der Waals surface area contributed by atoms with E-state index in [-0.39, 0.29) is 23.2 Å². The molecular weight excluding hydrogens is 493 g/mol. The van der Waals surface area contributed by atoms with Gasteiger partial charge in [-0.2, -0.15) is 0 Å². The number of ether oxygens (including phenoxy) is 1. The quantitative estimate of drug-likeness (QED) is 0.529. The van der Waals surface area contributed by atoms with E-state index in [4.69, 9.17) is 16.3 Å². The van der Waals surface area contributed by atoms with Crippen molar-refractivity contribution in [3.05, 3.63) is 83.6 Å². The van der Waals surface area contributed by atoms with Crippen LogP contribution in [0.3, 0.4) is 0 Å². The van der Waals surface area contributed by atoms with E-state index >= 15 is 0 Å². The molecule has 0 radical (unpaired) electrons. The maximum atomic E-state index is 14.2. The fourth-order valence-corrected chi connectivity index (χ4v) is 5.97. The highest BCUT2D eigenvalue weighted by Gasteiger charge is 2.39. The second kappa shape index (κ2) is 9.39. The molecule has 0 aromatic heterocycles. The van der Waals surface area contributed by atoms with Gasteiger partial charge >= 0.3 is 0 Å². The molecule has 1 amide bonds. The van der Waals surface area contributed by atoms with Crippen molar-refractivity contribution in [2.75, 3.05) is 41.9 Å². The molecule has 2 aliphatic heterocycles. The number of hydrogen-bond donors (Lipinski definition) is 0. The number of benzene rings is 3. The average molecular weight is 516 g/mol. The van der Waals surface area contributed by atoms with Crippen LogP contribution in [0.4, 0.5) is 15.8 Å². The van der Waals surface area contributed by atoms with Crippen molar-refractivity contribution in [2.45, 2.75) is 11.0 Å². The first-order valence-corrected chi connectivity index (χ1v) is 13.0. The smallest absolute Gasteiger partial charge is 0.265 e. The molecule has 1 saturated heterocycles. The highest BCUT2D eigenvalue weighted by atomic mass is 35.5. The van der Waals surface area contributed by atoms with E-state index in [1.165, 1.54) is 34.6 Å². The van der Waals surface area contributed by atoms with Crippen LogP contribution in [0.5, 0.6) is 5.75 Å². The van der Waals surface area contributed by atoms with Crippen molar-refractivity contribution in [1.29, 1.82) is 0 Å². The normalized spacial score (nSPS) is 18.1. The molecule has 0 saturated carbocycles. The molecule has 182 valence electrons. The highest BCUT2D eigenvalue weighted by Crippen LogP contribution is 2.37. The number of amides is 1. The molecule has 3 aromatic carbocycles. The zero-order valence-corrected chi connectivity index (χ0v) is 20.3. The van der Waals surface area contributed by atoms with Crippen LogP contribution in [-0.4, -0.2) is 58.1 Å². The van der Waals surface area contributed by atoms with Crippen LogP contribution in [0.2, 0.25) is 5.02 Å². The molecule has 7 nitrogen and oxygen atoms in total. The first kappa shape index (κ1) is 23.4. The monoisotopic (exact) mass is 515 g/mol. The molecule has 1 atom stereocenters. The van der Waals surface area contributed by atoms with Crippen molar-refractivity contribution >= 4 is 38.9 Å². The summed E-state index contributed by atoms with van der Waals surface area (Å²) in [5.74, 6) is -0.286. The van der Waals surface area contributed by atoms with Gasteiger partial charge in [-0.15, -0.1) is 0 Å². The molecule has 1 fully saturated rings. The Morgan fingerprint density at radius 1 is 0.886 bits per heavy atom. The standard InChI is InChI=1S/C25H23ClFN3O4S/c26-18-9-11-19(12-10-18)35(32,33)30-17-24(34-23-8-4-3-7-22(23)30)25(31)29-15-13-28(14-16-29)21-6-2-1-5-20(21)27/h1-12,24H,13-17H2/t24-/m0/s1. The molecule has 0 spiro atoms. The number of nitrogens with zero attached hydrogens (tertiary/aromatic N) is 3. The van der Waals surface area contributed by atoms with Gasteiger partial charge in [0.15, 0.2) is 6.10 Å². The molecule has 0 N–H and O–H groups in total. The third-order valence-electron chi connectivity index (χ3n) is 6.20. The topological polar surface area (TPSA) is 70.2 Å². The number of carbonyl (C=O) groups is 1. The van der Waals surface area contributed by atoms with Crippen molar-refractivity contribution in [3.8, 4) is 5.75 Å². The minimum Gasteiger partial charge on any atom is -0.476 e. The van der Waals surface area contributed by atoms with E-state index in [1.54, 1.807) is 47.4 Å². The minimum atomic E-state index is -3.96. The van der Waals surface area contributed by atoms with Crippen molar-refractivity contribution in [2.24, 2.45) is 0 Å². The van der Waals surface area contributed by atoms with Gasteiger partial charge in [0.05, 0.1) is 22.8 Å². The Labute approximate surface area is 208 Å². The van der Waals surface area contributed by atoms with Crippen LogP contribution in [0.15, 0.2) is 77.7 Å². The first-order chi connectivity index (χ1) is 16.8. The summed E-state index contributed by atoms with van der Waals surface area (Å²) in [4.78, 5) is 17.0. The van der Waals surface area contributed by atoms with E-state index in [9.17, 15) is 17.6 Å². The number of sulfonamides is 1. The lowest BCUT2D eigenvalue weighted by Gasteiger charge is -2.40. The molecule has 10 heteroatoms. The Morgan fingerprint density at radius 2 is 1.51 bits per heavy atom. The van der Waals surface area contributed by atoms with Gasteiger partial charge in [0, 0.05) is 31.2 Å². The number of carbonyl (C=O) groups excluding carboxylic acids is 1. The Kier molecular flexibility index (Phi) is 6.29. The van der Waals surface area contributed by atoms with Gasteiger partial charge in [-0.1, -0.05) is 35.9 Å². The Morgan fingerprint density at radius 3 is 2.20 bits per heavy atom. The van der Waals surface area contributed by atoms with Crippen LogP contribution < -0.4 is 13.9 Å². The maximum Gasteiger partial charge on any atom is 0.265 e. The van der Waals surface area contributed by atoms with Crippen LogP contribution in [-0.2, 0) is 14.8 Å². The third kappa shape index (κ3) is 4.53. The van der Waals surface area contributed by atoms with E-state index in [0.717, 1.165) is 0 Å². The lowest BCUT2D eigenvalue weighted by molar-refractivity contribution is -0.138.